The summed E-state index contributed by atoms with van der Waals surface area (Å²) in [6, 6.07) is 15.3. The summed E-state index contributed by atoms with van der Waals surface area (Å²) in [5.74, 6) is 0.439. The number of aromatic nitrogens is 2. The van der Waals surface area contributed by atoms with Gasteiger partial charge in [-0.2, -0.15) is 9.78 Å². The van der Waals surface area contributed by atoms with E-state index in [1.807, 2.05) is 6.07 Å². The molecule has 0 saturated carbocycles. The van der Waals surface area contributed by atoms with E-state index in [2.05, 4.69) is 41.9 Å². The Morgan fingerprint density at radius 2 is 1.86 bits per heavy atom. The van der Waals surface area contributed by atoms with Gasteiger partial charge in [-0.05, 0) is 70.9 Å². The maximum atomic E-state index is 13.0. The Labute approximate surface area is 217 Å². The summed E-state index contributed by atoms with van der Waals surface area (Å²) >= 11 is 6.90. The standard InChI is InChI=1S/C25H19Br2N3O5/c1-14-29-21-8-7-18(26)10-19(21)24(31)30(14)28-12-17-9-22(34-2)23(11-20(17)27)35-13-15-3-5-16(6-4-15)25(32)33/h3-12H,13H2,1-2H3,(H,32,33). The number of rotatable bonds is 7. The summed E-state index contributed by atoms with van der Waals surface area (Å²) in [4.78, 5) is 28.4. The third-order valence-corrected chi connectivity index (χ3v) is 6.34. The average molecular weight is 601 g/mol. The Bertz CT molecular complexity index is 1510. The molecular formula is C25H19Br2N3O5. The van der Waals surface area contributed by atoms with E-state index >= 15 is 0 Å². The molecule has 8 nitrogen and oxygen atoms in total. The van der Waals surface area contributed by atoms with Gasteiger partial charge in [0.05, 0.1) is 29.8 Å². The molecule has 0 bridgehead atoms. The van der Waals surface area contributed by atoms with Gasteiger partial charge in [-0.1, -0.05) is 28.1 Å². The number of nitrogens with zero attached hydrogens (tertiary/aromatic N) is 3. The number of ether oxygens (including phenoxy) is 2. The van der Waals surface area contributed by atoms with Crippen molar-refractivity contribution in [2.75, 3.05) is 7.11 Å². The molecule has 1 N–H and O–H groups in total. The summed E-state index contributed by atoms with van der Waals surface area (Å²) < 4.78 is 14.1. The van der Waals surface area contributed by atoms with Crippen LogP contribution in [0.1, 0.15) is 27.3 Å². The minimum atomic E-state index is -0.981. The molecular weight excluding hydrogens is 582 g/mol. The topological polar surface area (TPSA) is 103 Å². The number of carbonyl (C=O) groups is 1. The van der Waals surface area contributed by atoms with E-state index in [9.17, 15) is 9.59 Å². The fraction of sp³-hybridized carbons (Fsp3) is 0.120. The first-order chi connectivity index (χ1) is 16.8. The second-order valence-electron chi connectivity index (χ2n) is 7.50. The Morgan fingerprint density at radius 1 is 1.11 bits per heavy atom. The number of methoxy groups -OCH3 is 1. The Morgan fingerprint density at radius 3 is 2.54 bits per heavy atom. The van der Waals surface area contributed by atoms with Crippen LogP contribution in [0.25, 0.3) is 10.9 Å². The molecule has 1 heterocycles. The van der Waals surface area contributed by atoms with Gasteiger partial charge in [0.2, 0.25) is 0 Å². The third kappa shape index (κ3) is 5.44. The van der Waals surface area contributed by atoms with Gasteiger partial charge in [-0.3, -0.25) is 4.79 Å². The number of benzene rings is 3. The highest BCUT2D eigenvalue weighted by Crippen LogP contribution is 2.33. The SMILES string of the molecule is COc1cc(C=Nn2c(C)nc3ccc(Br)cc3c2=O)c(Br)cc1OCc1ccc(C(=O)O)cc1. The number of hydrogen-bond acceptors (Lipinski definition) is 6. The van der Waals surface area contributed by atoms with Crippen LogP contribution in [0, 0.1) is 6.92 Å². The molecule has 3 aromatic carbocycles. The highest BCUT2D eigenvalue weighted by molar-refractivity contribution is 9.10. The summed E-state index contributed by atoms with van der Waals surface area (Å²) in [5.41, 5.74) is 2.01. The van der Waals surface area contributed by atoms with Crippen LogP contribution < -0.4 is 15.0 Å². The Balaban J connectivity index is 1.60. The maximum absolute atomic E-state index is 13.0. The molecule has 1 aromatic heterocycles. The first-order valence-corrected chi connectivity index (χ1v) is 11.9. The average Bonchev–Trinajstić information content (AvgIpc) is 2.84. The third-order valence-electron chi connectivity index (χ3n) is 5.16. The van der Waals surface area contributed by atoms with Gasteiger partial charge in [-0.25, -0.2) is 9.78 Å². The molecule has 0 atom stereocenters. The van der Waals surface area contributed by atoms with E-state index < -0.39 is 5.97 Å². The number of aromatic carboxylic acids is 1. The van der Waals surface area contributed by atoms with Gasteiger partial charge < -0.3 is 14.6 Å². The van der Waals surface area contributed by atoms with Crippen molar-refractivity contribution in [1.29, 1.82) is 0 Å². The predicted molar refractivity (Wildman–Crippen MR) is 140 cm³/mol. The van der Waals surface area contributed by atoms with Crippen LogP contribution in [-0.4, -0.2) is 34.1 Å². The van der Waals surface area contributed by atoms with E-state index in [1.54, 1.807) is 49.5 Å². The lowest BCUT2D eigenvalue weighted by molar-refractivity contribution is 0.0697. The molecule has 0 amide bonds. The number of carboxylic acids is 1. The van der Waals surface area contributed by atoms with Crippen molar-refractivity contribution < 1.29 is 19.4 Å². The molecule has 0 saturated heterocycles. The second-order valence-corrected chi connectivity index (χ2v) is 9.27. The molecule has 0 aliphatic heterocycles. The number of carboxylic acid groups (broad SMARTS) is 1. The Kier molecular flexibility index (Phi) is 7.32. The molecule has 4 aromatic rings. The van der Waals surface area contributed by atoms with Crippen molar-refractivity contribution >= 4 is 54.9 Å². The molecule has 0 unspecified atom stereocenters. The van der Waals surface area contributed by atoms with Crippen molar-refractivity contribution in [2.45, 2.75) is 13.5 Å². The zero-order valence-corrected chi connectivity index (χ0v) is 21.8. The Hall–Kier alpha value is -3.50. The normalized spacial score (nSPS) is 11.2. The molecule has 10 heteroatoms. The summed E-state index contributed by atoms with van der Waals surface area (Å²) in [5, 5.41) is 13.8. The van der Waals surface area contributed by atoms with Gasteiger partial charge in [0.1, 0.15) is 12.4 Å². The van der Waals surface area contributed by atoms with Crippen LogP contribution in [0.3, 0.4) is 0 Å². The lowest BCUT2D eigenvalue weighted by Crippen LogP contribution is -2.20. The number of hydrogen-bond donors (Lipinski definition) is 1. The van der Waals surface area contributed by atoms with Crippen LogP contribution >= 0.6 is 31.9 Å². The molecule has 0 aliphatic carbocycles. The minimum absolute atomic E-state index is 0.210. The maximum Gasteiger partial charge on any atom is 0.335 e. The number of fused-ring (bicyclic) bond motifs is 1. The minimum Gasteiger partial charge on any atom is -0.493 e. The fourth-order valence-electron chi connectivity index (χ4n) is 3.34. The van der Waals surface area contributed by atoms with E-state index in [0.717, 1.165) is 10.0 Å². The van der Waals surface area contributed by atoms with Crippen molar-refractivity contribution in [2.24, 2.45) is 5.10 Å². The van der Waals surface area contributed by atoms with Gasteiger partial charge >= 0.3 is 5.97 Å². The van der Waals surface area contributed by atoms with Crippen LogP contribution in [0.4, 0.5) is 0 Å². The van der Waals surface area contributed by atoms with E-state index in [1.165, 1.54) is 23.9 Å². The summed E-state index contributed by atoms with van der Waals surface area (Å²) in [6.45, 7) is 1.94. The second kappa shape index (κ2) is 10.4. The lowest BCUT2D eigenvalue weighted by atomic mass is 10.1. The fourth-order valence-corrected chi connectivity index (χ4v) is 4.13. The van der Waals surface area contributed by atoms with Gasteiger partial charge in [0.15, 0.2) is 11.5 Å². The zero-order valence-electron chi connectivity index (χ0n) is 18.7. The molecule has 0 spiro atoms. The number of aryl methyl sites for hydroxylation is 1. The van der Waals surface area contributed by atoms with Gasteiger partial charge in [0.25, 0.3) is 5.56 Å². The van der Waals surface area contributed by atoms with Crippen LogP contribution in [-0.2, 0) is 6.61 Å². The van der Waals surface area contributed by atoms with Crippen molar-refractivity contribution in [1.82, 2.24) is 9.66 Å². The smallest absolute Gasteiger partial charge is 0.335 e. The summed E-state index contributed by atoms with van der Waals surface area (Å²) in [6.07, 6.45) is 1.54. The predicted octanol–water partition coefficient (Wildman–Crippen LogP) is 5.40. The van der Waals surface area contributed by atoms with Crippen molar-refractivity contribution in [3.63, 3.8) is 0 Å². The quantitative estimate of drug-likeness (QED) is 0.285. The van der Waals surface area contributed by atoms with Crippen LogP contribution in [0.15, 0.2) is 73.4 Å². The number of halogens is 2. The van der Waals surface area contributed by atoms with E-state index in [-0.39, 0.29) is 17.7 Å². The largest absolute Gasteiger partial charge is 0.493 e. The first kappa shape index (κ1) is 24.6. The molecule has 35 heavy (non-hydrogen) atoms. The van der Waals surface area contributed by atoms with Crippen molar-refractivity contribution in [3.8, 4) is 11.5 Å². The zero-order chi connectivity index (χ0) is 25.1. The molecule has 0 aliphatic rings. The van der Waals surface area contributed by atoms with Crippen LogP contribution in [0.5, 0.6) is 11.5 Å². The monoisotopic (exact) mass is 599 g/mol. The molecule has 0 fully saturated rings. The molecule has 0 radical (unpaired) electrons. The molecule has 4 rings (SSSR count). The highest BCUT2D eigenvalue weighted by atomic mass is 79.9. The van der Waals surface area contributed by atoms with E-state index in [0.29, 0.717) is 38.3 Å². The summed E-state index contributed by atoms with van der Waals surface area (Å²) in [7, 11) is 1.53. The van der Waals surface area contributed by atoms with E-state index in [4.69, 9.17) is 14.6 Å². The van der Waals surface area contributed by atoms with Gasteiger partial charge in [0, 0.05) is 14.5 Å². The van der Waals surface area contributed by atoms with Gasteiger partial charge in [-0.15, -0.1) is 0 Å². The van der Waals surface area contributed by atoms with Crippen molar-refractivity contribution in [3.05, 3.63) is 96.4 Å². The van der Waals surface area contributed by atoms with Crippen LogP contribution in [0.2, 0.25) is 0 Å². The first-order valence-electron chi connectivity index (χ1n) is 10.3. The lowest BCUT2D eigenvalue weighted by Gasteiger charge is -2.13. The molecule has 178 valence electrons. The highest BCUT2D eigenvalue weighted by Gasteiger charge is 2.12.